The van der Waals surface area contributed by atoms with Crippen molar-refractivity contribution in [3.8, 4) is 0 Å². The second kappa shape index (κ2) is 8.06. The zero-order valence-electron chi connectivity index (χ0n) is 11.5. The lowest BCUT2D eigenvalue weighted by Crippen LogP contribution is -2.15. The first-order valence-electron chi connectivity index (χ1n) is 6.21. The Bertz CT molecular complexity index is 584. The van der Waals surface area contributed by atoms with Crippen LogP contribution in [0.1, 0.15) is 16.8 Å². The first-order chi connectivity index (χ1) is 9.88. The lowest BCUT2D eigenvalue weighted by molar-refractivity contribution is 0.0696. The largest absolute Gasteiger partial charge is 0.478 e. The van der Waals surface area contributed by atoms with Gasteiger partial charge in [-0.25, -0.2) is 17.6 Å². The topological polar surface area (TPSA) is 89.9 Å². The number of ether oxygens (including phenoxy) is 2. The summed E-state index contributed by atoms with van der Waals surface area (Å²) in [6.45, 7) is 0.800. The van der Waals surface area contributed by atoms with E-state index in [1.807, 2.05) is 0 Å². The second-order valence-corrected chi connectivity index (χ2v) is 6.31. The second-order valence-electron chi connectivity index (χ2n) is 4.23. The van der Waals surface area contributed by atoms with Crippen LogP contribution in [-0.4, -0.2) is 52.2 Å². The van der Waals surface area contributed by atoms with Gasteiger partial charge in [0.05, 0.1) is 17.9 Å². The van der Waals surface area contributed by atoms with E-state index in [0.29, 0.717) is 25.7 Å². The molecule has 0 atom stereocenters. The maximum absolute atomic E-state index is 13.7. The highest BCUT2D eigenvalue weighted by molar-refractivity contribution is 7.91. The first kappa shape index (κ1) is 17.5. The van der Waals surface area contributed by atoms with Crippen LogP contribution in [0.5, 0.6) is 0 Å². The summed E-state index contributed by atoms with van der Waals surface area (Å²) < 4.78 is 47.5. The number of carboxylic acid groups (broad SMARTS) is 1. The molecule has 6 nitrogen and oxygen atoms in total. The van der Waals surface area contributed by atoms with E-state index >= 15 is 0 Å². The van der Waals surface area contributed by atoms with E-state index in [-0.39, 0.29) is 17.9 Å². The summed E-state index contributed by atoms with van der Waals surface area (Å²) in [6, 6.07) is 2.70. The quantitative estimate of drug-likeness (QED) is 0.691. The van der Waals surface area contributed by atoms with Gasteiger partial charge in [-0.15, -0.1) is 0 Å². The van der Waals surface area contributed by atoms with E-state index in [1.54, 1.807) is 7.11 Å². The highest BCUT2D eigenvalue weighted by Gasteiger charge is 2.20. The molecule has 1 N–H and O–H groups in total. The summed E-state index contributed by atoms with van der Waals surface area (Å²) in [4.78, 5) is 10.1. The van der Waals surface area contributed by atoms with Crippen molar-refractivity contribution in [2.24, 2.45) is 0 Å². The molecule has 1 aromatic rings. The first-order valence-corrected chi connectivity index (χ1v) is 7.86. The Morgan fingerprint density at radius 2 is 2.00 bits per heavy atom. The number of rotatable bonds is 9. The molecule has 1 rings (SSSR count). The van der Waals surface area contributed by atoms with Crippen molar-refractivity contribution < 1.29 is 32.2 Å². The molecule has 0 aliphatic heterocycles. The van der Waals surface area contributed by atoms with Crippen LogP contribution in [0.15, 0.2) is 23.1 Å². The number of carboxylic acids is 1. The third-order valence-electron chi connectivity index (χ3n) is 2.65. The summed E-state index contributed by atoms with van der Waals surface area (Å²) in [6.07, 6.45) is 0.637. The maximum atomic E-state index is 13.7. The van der Waals surface area contributed by atoms with Crippen LogP contribution in [0, 0.1) is 5.82 Å². The van der Waals surface area contributed by atoms with E-state index in [1.165, 1.54) is 0 Å². The van der Waals surface area contributed by atoms with Crippen LogP contribution in [-0.2, 0) is 19.3 Å². The van der Waals surface area contributed by atoms with E-state index in [0.717, 1.165) is 12.1 Å². The molecule has 0 amide bonds. The minimum absolute atomic E-state index is 0.0633. The molecule has 0 unspecified atom stereocenters. The summed E-state index contributed by atoms with van der Waals surface area (Å²) in [5.41, 5.74) is -0.303. The number of hydrogen-bond acceptors (Lipinski definition) is 5. The summed E-state index contributed by atoms with van der Waals surface area (Å²) >= 11 is 0. The van der Waals surface area contributed by atoms with Crippen molar-refractivity contribution in [3.05, 3.63) is 29.6 Å². The predicted octanol–water partition coefficient (Wildman–Crippen LogP) is 1.35. The van der Waals surface area contributed by atoms with E-state index in [9.17, 15) is 17.6 Å². The number of carbonyl (C=O) groups is 1. The number of aromatic carboxylic acids is 1. The van der Waals surface area contributed by atoms with Gasteiger partial charge in [0, 0.05) is 20.3 Å². The molecule has 0 spiro atoms. The molecular formula is C13H17FO6S. The minimum Gasteiger partial charge on any atom is -0.478 e. The van der Waals surface area contributed by atoms with Crippen molar-refractivity contribution >= 4 is 15.8 Å². The summed E-state index contributed by atoms with van der Waals surface area (Å²) in [5, 5.41) is 8.70. The SMILES string of the molecule is COCCCOCCS(=O)(=O)c1ccc(C(=O)O)cc1F. The fourth-order valence-electron chi connectivity index (χ4n) is 1.57. The molecule has 118 valence electrons. The standard InChI is InChI=1S/C13H17FO6S/c1-19-5-2-6-20-7-8-21(17,18)12-4-3-10(13(15)16)9-11(12)14/h3-4,9H,2,5-8H2,1H3,(H,15,16). The van der Waals surface area contributed by atoms with Gasteiger partial charge in [-0.2, -0.15) is 0 Å². The van der Waals surface area contributed by atoms with E-state index < -0.39 is 26.5 Å². The Balaban J connectivity index is 2.64. The smallest absolute Gasteiger partial charge is 0.335 e. The van der Waals surface area contributed by atoms with E-state index in [4.69, 9.17) is 14.6 Å². The monoisotopic (exact) mass is 320 g/mol. The Hall–Kier alpha value is -1.51. The highest BCUT2D eigenvalue weighted by Crippen LogP contribution is 2.17. The maximum Gasteiger partial charge on any atom is 0.335 e. The Morgan fingerprint density at radius 3 is 2.57 bits per heavy atom. The molecule has 0 radical (unpaired) electrons. The normalized spacial score (nSPS) is 11.5. The average Bonchev–Trinajstić information content (AvgIpc) is 2.42. The van der Waals surface area contributed by atoms with E-state index in [2.05, 4.69) is 0 Å². The number of methoxy groups -OCH3 is 1. The fraction of sp³-hybridized carbons (Fsp3) is 0.462. The molecule has 8 heteroatoms. The van der Waals surface area contributed by atoms with Crippen molar-refractivity contribution in [2.45, 2.75) is 11.3 Å². The number of sulfone groups is 1. The van der Waals surface area contributed by atoms with Gasteiger partial charge >= 0.3 is 5.97 Å². The van der Waals surface area contributed by atoms with Crippen LogP contribution in [0.3, 0.4) is 0 Å². The summed E-state index contributed by atoms with van der Waals surface area (Å²) in [7, 11) is -2.30. The third kappa shape index (κ3) is 5.41. The minimum atomic E-state index is -3.85. The molecular weight excluding hydrogens is 303 g/mol. The van der Waals surface area contributed by atoms with Crippen LogP contribution in [0.25, 0.3) is 0 Å². The molecule has 0 fully saturated rings. The molecule has 21 heavy (non-hydrogen) atoms. The van der Waals surface area contributed by atoms with Gasteiger partial charge in [-0.3, -0.25) is 0 Å². The molecule has 0 saturated carbocycles. The van der Waals surface area contributed by atoms with Crippen LogP contribution in [0.2, 0.25) is 0 Å². The molecule has 0 aliphatic rings. The van der Waals surface area contributed by atoms with Gasteiger partial charge in [0.15, 0.2) is 9.84 Å². The van der Waals surface area contributed by atoms with Gasteiger partial charge in [0.2, 0.25) is 0 Å². The van der Waals surface area contributed by atoms with Crippen LogP contribution >= 0.6 is 0 Å². The Morgan fingerprint density at radius 1 is 1.29 bits per heavy atom. The average molecular weight is 320 g/mol. The van der Waals surface area contributed by atoms with Crippen LogP contribution in [0.4, 0.5) is 4.39 Å². The zero-order chi connectivity index (χ0) is 15.9. The number of halogens is 1. The number of hydrogen-bond donors (Lipinski definition) is 1. The lowest BCUT2D eigenvalue weighted by Gasteiger charge is -2.07. The lowest BCUT2D eigenvalue weighted by atomic mass is 10.2. The predicted molar refractivity (Wildman–Crippen MR) is 72.7 cm³/mol. The van der Waals surface area contributed by atoms with Gasteiger partial charge in [-0.1, -0.05) is 0 Å². The van der Waals surface area contributed by atoms with Gasteiger partial charge < -0.3 is 14.6 Å². The fourth-order valence-corrected chi connectivity index (χ4v) is 2.76. The van der Waals surface area contributed by atoms with Crippen molar-refractivity contribution in [2.75, 3.05) is 32.7 Å². The molecule has 0 aliphatic carbocycles. The Labute approximate surface area is 122 Å². The van der Waals surface area contributed by atoms with Gasteiger partial charge in [0.1, 0.15) is 10.7 Å². The number of benzene rings is 1. The van der Waals surface area contributed by atoms with Crippen molar-refractivity contribution in [1.29, 1.82) is 0 Å². The van der Waals surface area contributed by atoms with Crippen molar-refractivity contribution in [1.82, 2.24) is 0 Å². The molecule has 0 aromatic heterocycles. The third-order valence-corrected chi connectivity index (χ3v) is 4.35. The van der Waals surface area contributed by atoms with Gasteiger partial charge in [-0.05, 0) is 24.6 Å². The zero-order valence-corrected chi connectivity index (χ0v) is 12.4. The van der Waals surface area contributed by atoms with Gasteiger partial charge in [0.25, 0.3) is 0 Å². The molecule has 1 aromatic carbocycles. The molecule has 0 heterocycles. The molecule has 0 bridgehead atoms. The molecule has 0 saturated heterocycles. The van der Waals surface area contributed by atoms with Crippen molar-refractivity contribution in [3.63, 3.8) is 0 Å². The Kier molecular flexibility index (Phi) is 6.73. The highest BCUT2D eigenvalue weighted by atomic mass is 32.2. The van der Waals surface area contributed by atoms with Crippen LogP contribution < -0.4 is 0 Å². The summed E-state index contributed by atoms with van der Waals surface area (Å²) in [5.74, 6) is -2.77.